The number of hydrogen-bond donors (Lipinski definition) is 0. The highest BCUT2D eigenvalue weighted by Crippen LogP contribution is 2.37. The lowest BCUT2D eigenvalue weighted by atomic mass is 9.97. The number of methoxy groups -OCH3 is 1. The van der Waals surface area contributed by atoms with E-state index in [9.17, 15) is 9.59 Å². The Bertz CT molecular complexity index is 1230. The summed E-state index contributed by atoms with van der Waals surface area (Å²) in [5.41, 5.74) is 5.16. The first-order valence-electron chi connectivity index (χ1n) is 11.3. The molecule has 0 unspecified atom stereocenters. The van der Waals surface area contributed by atoms with Crippen molar-refractivity contribution in [3.05, 3.63) is 107 Å². The van der Waals surface area contributed by atoms with Crippen molar-refractivity contribution in [1.29, 1.82) is 0 Å². The summed E-state index contributed by atoms with van der Waals surface area (Å²) in [6, 6.07) is 25.7. The van der Waals surface area contributed by atoms with Crippen LogP contribution in [0.25, 0.3) is 5.57 Å². The molecule has 33 heavy (non-hydrogen) atoms. The molecule has 166 valence electrons. The third kappa shape index (κ3) is 3.91. The number of fused-ring (bicyclic) bond motifs is 1. The van der Waals surface area contributed by atoms with E-state index in [-0.39, 0.29) is 11.8 Å². The molecule has 2 heterocycles. The Balaban J connectivity index is 1.53. The van der Waals surface area contributed by atoms with E-state index in [1.165, 1.54) is 16.0 Å². The van der Waals surface area contributed by atoms with Crippen LogP contribution in [0.5, 0.6) is 5.75 Å². The summed E-state index contributed by atoms with van der Waals surface area (Å²) >= 11 is 0. The fourth-order valence-electron chi connectivity index (χ4n) is 4.73. The van der Waals surface area contributed by atoms with Gasteiger partial charge in [-0.05, 0) is 35.6 Å². The summed E-state index contributed by atoms with van der Waals surface area (Å²) in [5, 5.41) is 0. The first-order chi connectivity index (χ1) is 16.2. The van der Waals surface area contributed by atoms with Crippen LogP contribution >= 0.6 is 0 Å². The van der Waals surface area contributed by atoms with Gasteiger partial charge in [-0.15, -0.1) is 0 Å². The minimum atomic E-state index is -0.255. The van der Waals surface area contributed by atoms with E-state index in [0.717, 1.165) is 12.0 Å². The highest BCUT2D eigenvalue weighted by atomic mass is 16.5. The molecule has 0 aromatic heterocycles. The minimum Gasteiger partial charge on any atom is -0.496 e. The Kier molecular flexibility index (Phi) is 5.69. The molecule has 0 fully saturated rings. The Morgan fingerprint density at radius 2 is 1.52 bits per heavy atom. The normalized spacial score (nSPS) is 15.8. The maximum absolute atomic E-state index is 13.7. The maximum atomic E-state index is 13.7. The van der Waals surface area contributed by atoms with Crippen LogP contribution in [0.4, 0.5) is 0 Å². The van der Waals surface area contributed by atoms with Crippen LogP contribution < -0.4 is 4.74 Å². The van der Waals surface area contributed by atoms with Gasteiger partial charge in [0, 0.05) is 25.2 Å². The molecule has 0 N–H and O–H groups in total. The van der Waals surface area contributed by atoms with Crippen LogP contribution in [0.3, 0.4) is 0 Å². The molecule has 0 aliphatic carbocycles. The van der Waals surface area contributed by atoms with Gasteiger partial charge in [0.2, 0.25) is 0 Å². The van der Waals surface area contributed by atoms with E-state index < -0.39 is 0 Å². The van der Waals surface area contributed by atoms with Gasteiger partial charge in [0.25, 0.3) is 11.8 Å². The van der Waals surface area contributed by atoms with E-state index in [2.05, 4.69) is 17.0 Å². The predicted molar refractivity (Wildman–Crippen MR) is 127 cm³/mol. The third-order valence-corrected chi connectivity index (χ3v) is 6.43. The molecule has 2 amide bonds. The molecule has 0 saturated carbocycles. The lowest BCUT2D eigenvalue weighted by molar-refractivity contribution is -0.137. The van der Waals surface area contributed by atoms with Crippen molar-refractivity contribution >= 4 is 17.4 Å². The van der Waals surface area contributed by atoms with Gasteiger partial charge in [-0.25, -0.2) is 0 Å². The smallest absolute Gasteiger partial charge is 0.277 e. The monoisotopic (exact) mass is 438 g/mol. The zero-order valence-electron chi connectivity index (χ0n) is 18.7. The van der Waals surface area contributed by atoms with Crippen molar-refractivity contribution in [3.8, 4) is 5.75 Å². The minimum absolute atomic E-state index is 0.226. The summed E-state index contributed by atoms with van der Waals surface area (Å²) in [7, 11) is 1.59. The number of amides is 2. The summed E-state index contributed by atoms with van der Waals surface area (Å²) in [6.07, 6.45) is 1.46. The number of carbonyl (C=O) groups is 2. The molecule has 0 radical (unpaired) electrons. The predicted octanol–water partition coefficient (Wildman–Crippen LogP) is 4.08. The number of imide groups is 1. The van der Waals surface area contributed by atoms with Crippen molar-refractivity contribution in [1.82, 2.24) is 9.80 Å². The average Bonchev–Trinajstić information content (AvgIpc) is 3.12. The largest absolute Gasteiger partial charge is 0.496 e. The van der Waals surface area contributed by atoms with Gasteiger partial charge in [-0.3, -0.25) is 14.5 Å². The SMILES string of the molecule is COc1ccccc1C1=C(N2CCc3ccccc3C2)C(=O)N(CCc2ccccc2)C1=O. The van der Waals surface area contributed by atoms with Crippen molar-refractivity contribution in [3.63, 3.8) is 0 Å². The molecule has 2 aliphatic heterocycles. The fraction of sp³-hybridized carbons (Fsp3) is 0.214. The number of benzene rings is 3. The molecular formula is C28H26N2O3. The summed E-state index contributed by atoms with van der Waals surface area (Å²) < 4.78 is 5.56. The molecule has 5 nitrogen and oxygen atoms in total. The highest BCUT2D eigenvalue weighted by Gasteiger charge is 2.42. The van der Waals surface area contributed by atoms with E-state index in [1.54, 1.807) is 7.11 Å². The molecule has 0 atom stereocenters. The van der Waals surface area contributed by atoms with Crippen molar-refractivity contribution in [2.45, 2.75) is 19.4 Å². The zero-order valence-corrected chi connectivity index (χ0v) is 18.7. The topological polar surface area (TPSA) is 49.9 Å². The Hall–Kier alpha value is -3.86. The van der Waals surface area contributed by atoms with Crippen LogP contribution in [0.2, 0.25) is 0 Å². The third-order valence-electron chi connectivity index (χ3n) is 6.43. The molecule has 0 spiro atoms. The van der Waals surface area contributed by atoms with Crippen LogP contribution in [-0.4, -0.2) is 41.8 Å². The van der Waals surface area contributed by atoms with Gasteiger partial charge in [-0.1, -0.05) is 72.8 Å². The number of nitrogens with zero attached hydrogens (tertiary/aromatic N) is 2. The molecule has 5 rings (SSSR count). The number of ether oxygens (including phenoxy) is 1. The van der Waals surface area contributed by atoms with Crippen LogP contribution in [0.15, 0.2) is 84.6 Å². The summed E-state index contributed by atoms with van der Waals surface area (Å²) in [5.74, 6) is 0.110. The van der Waals surface area contributed by atoms with Gasteiger partial charge in [-0.2, -0.15) is 0 Å². The first kappa shape index (κ1) is 21.0. The Morgan fingerprint density at radius 1 is 0.818 bits per heavy atom. The van der Waals surface area contributed by atoms with E-state index in [1.807, 2.05) is 66.7 Å². The second-order valence-corrected chi connectivity index (χ2v) is 8.36. The van der Waals surface area contributed by atoms with Gasteiger partial charge in [0.15, 0.2) is 0 Å². The Labute approximate surface area is 193 Å². The zero-order chi connectivity index (χ0) is 22.8. The standard InChI is InChI=1S/C28H26N2O3/c1-33-24-14-8-7-13-23(24)25-26(29-17-16-21-11-5-6-12-22(21)19-29)28(32)30(27(25)31)18-15-20-9-3-2-4-10-20/h2-14H,15-19H2,1H3. The molecule has 0 saturated heterocycles. The summed E-state index contributed by atoms with van der Waals surface area (Å²) in [6.45, 7) is 1.64. The van der Waals surface area contributed by atoms with Crippen LogP contribution in [0.1, 0.15) is 22.3 Å². The van der Waals surface area contributed by atoms with Crippen molar-refractivity contribution in [2.24, 2.45) is 0 Å². The quantitative estimate of drug-likeness (QED) is 0.545. The number of para-hydroxylation sites is 1. The van der Waals surface area contributed by atoms with Crippen molar-refractivity contribution in [2.75, 3.05) is 20.2 Å². The lowest BCUT2D eigenvalue weighted by Crippen LogP contribution is -2.38. The van der Waals surface area contributed by atoms with Gasteiger partial charge >= 0.3 is 0 Å². The molecular weight excluding hydrogens is 412 g/mol. The average molecular weight is 439 g/mol. The molecule has 2 aliphatic rings. The van der Waals surface area contributed by atoms with Gasteiger partial charge in [0.05, 0.1) is 12.7 Å². The second-order valence-electron chi connectivity index (χ2n) is 8.36. The highest BCUT2D eigenvalue weighted by molar-refractivity contribution is 6.36. The lowest BCUT2D eigenvalue weighted by Gasteiger charge is -2.31. The fourth-order valence-corrected chi connectivity index (χ4v) is 4.73. The van der Waals surface area contributed by atoms with E-state index in [0.29, 0.717) is 48.6 Å². The summed E-state index contributed by atoms with van der Waals surface area (Å²) in [4.78, 5) is 30.8. The van der Waals surface area contributed by atoms with Crippen molar-refractivity contribution < 1.29 is 14.3 Å². The van der Waals surface area contributed by atoms with Crippen LogP contribution in [-0.2, 0) is 29.0 Å². The number of carbonyl (C=O) groups excluding carboxylic acids is 2. The number of rotatable bonds is 6. The molecule has 0 bridgehead atoms. The Morgan fingerprint density at radius 3 is 2.30 bits per heavy atom. The maximum Gasteiger partial charge on any atom is 0.277 e. The van der Waals surface area contributed by atoms with Crippen LogP contribution in [0, 0.1) is 0 Å². The van der Waals surface area contributed by atoms with Gasteiger partial charge in [0.1, 0.15) is 11.4 Å². The molecule has 3 aromatic carbocycles. The van der Waals surface area contributed by atoms with E-state index >= 15 is 0 Å². The van der Waals surface area contributed by atoms with E-state index in [4.69, 9.17) is 4.74 Å². The van der Waals surface area contributed by atoms with Gasteiger partial charge < -0.3 is 9.64 Å². The molecule has 5 heteroatoms. The molecule has 3 aromatic rings. The second kappa shape index (κ2) is 8.94. The first-order valence-corrected chi connectivity index (χ1v) is 11.3. The number of hydrogen-bond acceptors (Lipinski definition) is 4.